The van der Waals surface area contributed by atoms with E-state index in [0.29, 0.717) is 40.3 Å². The Morgan fingerprint density at radius 3 is 2.60 bits per heavy atom. The molecule has 0 aliphatic carbocycles. The van der Waals surface area contributed by atoms with Crippen molar-refractivity contribution in [2.24, 2.45) is 0 Å². The van der Waals surface area contributed by atoms with Crippen molar-refractivity contribution >= 4 is 57.3 Å². The Balaban J connectivity index is 1.13. The van der Waals surface area contributed by atoms with Gasteiger partial charge in [0.15, 0.2) is 11.5 Å². The van der Waals surface area contributed by atoms with Gasteiger partial charge >= 0.3 is 5.97 Å². The number of thioether (sulfide) groups is 1. The van der Waals surface area contributed by atoms with Crippen molar-refractivity contribution in [3.8, 4) is 28.4 Å². The number of rotatable bonds is 13. The van der Waals surface area contributed by atoms with Gasteiger partial charge in [0.1, 0.15) is 27.7 Å². The van der Waals surface area contributed by atoms with Crippen molar-refractivity contribution in [2.45, 2.75) is 6.42 Å². The molecular formula is C33H33N5O7S2. The van der Waals surface area contributed by atoms with Crippen LogP contribution in [0.2, 0.25) is 0 Å². The second-order valence-corrected chi connectivity index (χ2v) is 12.5. The van der Waals surface area contributed by atoms with Crippen molar-refractivity contribution in [3.63, 3.8) is 0 Å². The molecule has 3 heterocycles. The summed E-state index contributed by atoms with van der Waals surface area (Å²) in [5.41, 5.74) is 4.25. The van der Waals surface area contributed by atoms with Gasteiger partial charge in [-0.15, -0.1) is 0 Å². The number of fused-ring (bicyclic) bond motifs is 1. The third kappa shape index (κ3) is 7.73. The molecule has 0 radical (unpaired) electrons. The molecule has 1 amide bonds. The Bertz CT molecular complexity index is 1820. The smallest absolute Gasteiger partial charge is 0.335 e. The molecule has 244 valence electrons. The number of aromatic carboxylic acids is 1. The number of methoxy groups -OCH3 is 1. The van der Waals surface area contributed by atoms with Crippen LogP contribution in [-0.2, 0) is 9.53 Å². The van der Waals surface area contributed by atoms with Gasteiger partial charge in [-0.3, -0.25) is 14.6 Å². The minimum absolute atomic E-state index is 0.104. The molecule has 4 aromatic rings. The number of carbonyl (C=O) groups is 2. The maximum absolute atomic E-state index is 13.4. The fourth-order valence-electron chi connectivity index (χ4n) is 5.27. The number of thiocarbonyl (C=S) groups is 1. The number of H-pyrrole nitrogens is 1. The minimum Gasteiger partial charge on any atom is -0.493 e. The van der Waals surface area contributed by atoms with Crippen molar-refractivity contribution < 1.29 is 33.6 Å². The van der Waals surface area contributed by atoms with E-state index in [4.69, 9.17) is 31.2 Å². The number of carbonyl (C=O) groups excluding carboxylic acids is 1. The summed E-state index contributed by atoms with van der Waals surface area (Å²) in [6, 6.07) is 16.2. The van der Waals surface area contributed by atoms with Crippen molar-refractivity contribution in [3.05, 3.63) is 70.6 Å². The Hall–Kier alpha value is -4.50. The zero-order valence-corrected chi connectivity index (χ0v) is 27.3. The van der Waals surface area contributed by atoms with E-state index in [9.17, 15) is 14.7 Å². The fourth-order valence-corrected chi connectivity index (χ4v) is 6.58. The Kier molecular flexibility index (Phi) is 10.3. The highest BCUT2D eigenvalue weighted by Crippen LogP contribution is 2.36. The van der Waals surface area contributed by atoms with Crippen LogP contribution in [-0.4, -0.2) is 106 Å². The predicted octanol–water partition coefficient (Wildman–Crippen LogP) is 4.71. The van der Waals surface area contributed by atoms with Crippen LogP contribution in [0.5, 0.6) is 17.2 Å². The van der Waals surface area contributed by atoms with E-state index in [0.717, 1.165) is 66.3 Å². The normalized spacial score (nSPS) is 16.3. The molecule has 47 heavy (non-hydrogen) atoms. The number of morpholine rings is 1. The number of hydrogen-bond donors (Lipinski definition) is 2. The number of nitrogens with one attached hydrogen (secondary N) is 1. The number of amides is 1. The first-order valence-corrected chi connectivity index (χ1v) is 16.3. The fraction of sp³-hybridized carbons (Fsp3) is 0.303. The molecule has 0 saturated carbocycles. The quantitative estimate of drug-likeness (QED) is 0.115. The van der Waals surface area contributed by atoms with E-state index < -0.39 is 5.97 Å². The van der Waals surface area contributed by atoms with Crippen LogP contribution in [0.15, 0.2) is 59.5 Å². The van der Waals surface area contributed by atoms with E-state index >= 15 is 0 Å². The first kappa shape index (κ1) is 32.4. The second kappa shape index (κ2) is 14.9. The van der Waals surface area contributed by atoms with Gasteiger partial charge in [-0.05, 0) is 66.1 Å². The second-order valence-electron chi connectivity index (χ2n) is 10.8. The first-order valence-electron chi connectivity index (χ1n) is 15.1. The molecule has 0 spiro atoms. The highest BCUT2D eigenvalue weighted by atomic mass is 32.2. The zero-order chi connectivity index (χ0) is 32.8. The molecule has 0 atom stereocenters. The molecule has 0 bridgehead atoms. The summed E-state index contributed by atoms with van der Waals surface area (Å²) < 4.78 is 23.3. The van der Waals surface area contributed by atoms with E-state index in [-0.39, 0.29) is 18.1 Å². The van der Waals surface area contributed by atoms with Gasteiger partial charge in [0, 0.05) is 31.7 Å². The number of ether oxygens (including phenoxy) is 4. The topological polar surface area (TPSA) is 139 Å². The molecule has 1 aromatic heterocycles. The lowest BCUT2D eigenvalue weighted by Gasteiger charge is -2.26. The highest BCUT2D eigenvalue weighted by molar-refractivity contribution is 8.26. The standard InChI is InChI=1S/C33H33N5O7S2/c1-42-29-20-23(32(40)41)5-8-28(29)44-13-2-9-38-31(39)30(47-33(38)46)18-21-3-7-27(45-16-12-37-10-14-43-15-11-37)24(17-21)22-4-6-25-26(19-22)35-36-34-25/h3-8,17-20H,2,9-16H2,1H3,(H,40,41)(H,34,35,36). The SMILES string of the molecule is COc1cc(C(=O)O)ccc1OCCCN1C(=O)C(=Cc2ccc(OCCN3CCOCC3)c(-c3ccc4n[nH]nc4c3)c2)SC1=S. The number of carboxylic acids is 1. The van der Waals surface area contributed by atoms with Crippen molar-refractivity contribution in [2.75, 3.05) is 59.7 Å². The van der Waals surface area contributed by atoms with E-state index in [1.54, 1.807) is 11.0 Å². The molecule has 12 nitrogen and oxygen atoms in total. The van der Waals surface area contributed by atoms with Gasteiger partial charge in [-0.25, -0.2) is 4.79 Å². The van der Waals surface area contributed by atoms with Gasteiger partial charge in [0.05, 0.1) is 37.4 Å². The molecule has 2 aliphatic rings. The average Bonchev–Trinajstić information content (AvgIpc) is 3.66. The summed E-state index contributed by atoms with van der Waals surface area (Å²) in [6.45, 7) is 5.23. The van der Waals surface area contributed by atoms with E-state index in [1.807, 2.05) is 42.5 Å². The van der Waals surface area contributed by atoms with Gasteiger partial charge < -0.3 is 24.1 Å². The first-order chi connectivity index (χ1) is 22.9. The molecule has 2 N–H and O–H groups in total. The number of aromatic nitrogens is 3. The maximum atomic E-state index is 13.4. The van der Waals surface area contributed by atoms with Crippen LogP contribution in [0.25, 0.3) is 28.2 Å². The number of hydrogen-bond acceptors (Lipinski definition) is 11. The number of carboxylic acid groups (broad SMARTS) is 1. The molecule has 2 saturated heterocycles. The monoisotopic (exact) mass is 675 g/mol. The molecule has 3 aromatic carbocycles. The van der Waals surface area contributed by atoms with Crippen LogP contribution in [0.1, 0.15) is 22.3 Å². The van der Waals surface area contributed by atoms with Crippen LogP contribution in [0, 0.1) is 0 Å². The lowest BCUT2D eigenvalue weighted by Crippen LogP contribution is -2.38. The van der Waals surface area contributed by atoms with Crippen LogP contribution >= 0.6 is 24.0 Å². The van der Waals surface area contributed by atoms with Crippen LogP contribution in [0.3, 0.4) is 0 Å². The molecule has 2 aliphatic heterocycles. The number of aromatic amines is 1. The molecule has 0 unspecified atom stereocenters. The maximum Gasteiger partial charge on any atom is 0.335 e. The van der Waals surface area contributed by atoms with Crippen molar-refractivity contribution in [1.82, 2.24) is 25.2 Å². The van der Waals surface area contributed by atoms with Gasteiger partial charge in [0.25, 0.3) is 5.91 Å². The summed E-state index contributed by atoms with van der Waals surface area (Å²) in [6.07, 6.45) is 2.36. The summed E-state index contributed by atoms with van der Waals surface area (Å²) in [5.74, 6) is 0.271. The molecule has 14 heteroatoms. The summed E-state index contributed by atoms with van der Waals surface area (Å²) >= 11 is 6.82. The van der Waals surface area contributed by atoms with Gasteiger partial charge in [-0.1, -0.05) is 36.1 Å². The summed E-state index contributed by atoms with van der Waals surface area (Å²) in [7, 11) is 1.45. The van der Waals surface area contributed by atoms with E-state index in [1.165, 1.54) is 31.0 Å². The lowest BCUT2D eigenvalue weighted by atomic mass is 10.0. The highest BCUT2D eigenvalue weighted by Gasteiger charge is 2.31. The molecule has 2 fully saturated rings. The Morgan fingerprint density at radius 2 is 1.79 bits per heavy atom. The average molecular weight is 676 g/mol. The zero-order valence-electron chi connectivity index (χ0n) is 25.6. The largest absolute Gasteiger partial charge is 0.493 e. The number of benzene rings is 3. The molecule has 6 rings (SSSR count). The van der Waals surface area contributed by atoms with Crippen molar-refractivity contribution in [1.29, 1.82) is 0 Å². The minimum atomic E-state index is -1.05. The Morgan fingerprint density at radius 1 is 1.00 bits per heavy atom. The van der Waals surface area contributed by atoms with Crippen LogP contribution < -0.4 is 14.2 Å². The summed E-state index contributed by atoms with van der Waals surface area (Å²) in [4.78, 5) is 29.1. The van der Waals surface area contributed by atoms with Crippen LogP contribution in [0.4, 0.5) is 0 Å². The van der Waals surface area contributed by atoms with E-state index in [2.05, 4.69) is 20.3 Å². The summed E-state index contributed by atoms with van der Waals surface area (Å²) in [5, 5.41) is 20.3. The molecular weight excluding hydrogens is 643 g/mol. The Labute approximate surface area is 280 Å². The lowest BCUT2D eigenvalue weighted by molar-refractivity contribution is -0.122. The third-order valence-electron chi connectivity index (χ3n) is 7.77. The third-order valence-corrected chi connectivity index (χ3v) is 9.14. The van der Waals surface area contributed by atoms with Gasteiger partial charge in [0.2, 0.25) is 0 Å². The van der Waals surface area contributed by atoms with Gasteiger partial charge in [-0.2, -0.15) is 15.4 Å². The predicted molar refractivity (Wildman–Crippen MR) is 182 cm³/mol. The number of nitrogens with zero attached hydrogens (tertiary/aromatic N) is 4.